The van der Waals surface area contributed by atoms with Gasteiger partial charge in [0.25, 0.3) is 0 Å². The predicted molar refractivity (Wildman–Crippen MR) is 104 cm³/mol. The van der Waals surface area contributed by atoms with E-state index in [2.05, 4.69) is 4.98 Å². The van der Waals surface area contributed by atoms with E-state index < -0.39 is 9.85 Å². The number of hydrogen-bond donors (Lipinski definition) is 0. The summed E-state index contributed by atoms with van der Waals surface area (Å²) in [5.41, 5.74) is 0.673. The lowest BCUT2D eigenvalue weighted by Gasteiger charge is -2.09. The van der Waals surface area contributed by atoms with Crippen LogP contribution < -0.4 is 9.47 Å². The summed E-state index contributed by atoms with van der Waals surface area (Å²) in [5.74, 6) is 0.130. The molecule has 10 nitrogen and oxygen atoms in total. The Morgan fingerprint density at radius 2 is 1.40 bits per heavy atom. The highest BCUT2D eigenvalue weighted by Crippen LogP contribution is 2.28. The molecular formula is C20H15N3O7. The summed E-state index contributed by atoms with van der Waals surface area (Å²) in [6.07, 6.45) is 0.513. The maximum Gasteiger partial charge on any atom is 0.311 e. The van der Waals surface area contributed by atoms with Crippen molar-refractivity contribution in [2.45, 2.75) is 13.2 Å². The second kappa shape index (κ2) is 9.24. The van der Waals surface area contributed by atoms with Crippen LogP contribution in [0, 0.1) is 20.2 Å². The number of nitro groups is 2. The molecule has 0 aliphatic carbocycles. The molecule has 0 N–H and O–H groups in total. The molecule has 0 fully saturated rings. The summed E-state index contributed by atoms with van der Waals surface area (Å²) in [6, 6.07) is 15.0. The van der Waals surface area contributed by atoms with E-state index in [0.717, 1.165) is 6.07 Å². The van der Waals surface area contributed by atoms with E-state index in [-0.39, 0.29) is 41.7 Å². The Morgan fingerprint density at radius 1 is 0.800 bits per heavy atom. The van der Waals surface area contributed by atoms with Crippen LogP contribution in [-0.4, -0.2) is 21.1 Å². The zero-order valence-electron chi connectivity index (χ0n) is 15.5. The Labute approximate surface area is 170 Å². The molecule has 1 heterocycles. The fourth-order valence-corrected chi connectivity index (χ4v) is 2.60. The van der Waals surface area contributed by atoms with Crippen molar-refractivity contribution < 1.29 is 24.1 Å². The number of benzene rings is 2. The van der Waals surface area contributed by atoms with Crippen molar-refractivity contribution in [3.8, 4) is 11.5 Å². The van der Waals surface area contributed by atoms with Crippen molar-refractivity contribution in [2.24, 2.45) is 0 Å². The van der Waals surface area contributed by atoms with Crippen molar-refractivity contribution in [3.05, 3.63) is 97.8 Å². The maximum absolute atomic E-state index is 11.2. The Bertz CT molecular complexity index is 1100. The molecule has 30 heavy (non-hydrogen) atoms. The smallest absolute Gasteiger partial charge is 0.311 e. The van der Waals surface area contributed by atoms with Crippen LogP contribution in [0.15, 0.2) is 60.7 Å². The molecule has 152 valence electrons. The highest BCUT2D eigenvalue weighted by atomic mass is 16.6. The molecule has 0 radical (unpaired) electrons. The van der Waals surface area contributed by atoms with Crippen LogP contribution in [0.4, 0.5) is 11.4 Å². The average Bonchev–Trinajstić information content (AvgIpc) is 2.76. The summed E-state index contributed by atoms with van der Waals surface area (Å²) >= 11 is 0. The second-order valence-corrected chi connectivity index (χ2v) is 6.02. The van der Waals surface area contributed by atoms with E-state index in [1.165, 1.54) is 24.3 Å². The SMILES string of the molecule is O=Cc1ccc(OCc2cccc(COc3ccccc3[N+](=O)[O-])n2)c([N+](=O)[O-])c1. The van der Waals surface area contributed by atoms with E-state index in [4.69, 9.17) is 9.47 Å². The molecule has 0 aliphatic rings. The van der Waals surface area contributed by atoms with E-state index in [0.29, 0.717) is 17.7 Å². The molecule has 1 aromatic heterocycles. The number of para-hydroxylation sites is 2. The third kappa shape index (κ3) is 4.93. The molecule has 0 amide bonds. The van der Waals surface area contributed by atoms with Gasteiger partial charge in [-0.1, -0.05) is 18.2 Å². The van der Waals surface area contributed by atoms with Crippen molar-refractivity contribution in [3.63, 3.8) is 0 Å². The lowest BCUT2D eigenvalue weighted by molar-refractivity contribution is -0.386. The normalized spacial score (nSPS) is 10.3. The van der Waals surface area contributed by atoms with Gasteiger partial charge in [-0.15, -0.1) is 0 Å². The third-order valence-electron chi connectivity index (χ3n) is 3.99. The van der Waals surface area contributed by atoms with Gasteiger partial charge in [0.15, 0.2) is 11.5 Å². The number of carbonyl (C=O) groups excluding carboxylic acids is 1. The Morgan fingerprint density at radius 3 is 2.00 bits per heavy atom. The molecular weight excluding hydrogens is 394 g/mol. The number of nitrogens with zero attached hydrogens (tertiary/aromatic N) is 3. The van der Waals surface area contributed by atoms with Crippen LogP contribution in [0.3, 0.4) is 0 Å². The largest absolute Gasteiger partial charge is 0.480 e. The molecule has 0 unspecified atom stereocenters. The number of nitro benzene ring substituents is 2. The summed E-state index contributed by atoms with van der Waals surface area (Å²) < 4.78 is 11.0. The summed E-state index contributed by atoms with van der Waals surface area (Å²) in [5, 5.41) is 22.2. The van der Waals surface area contributed by atoms with Gasteiger partial charge in [-0.3, -0.25) is 30.0 Å². The maximum atomic E-state index is 11.2. The molecule has 0 atom stereocenters. The summed E-state index contributed by atoms with van der Waals surface area (Å²) in [4.78, 5) is 36.2. The Balaban J connectivity index is 1.69. The minimum Gasteiger partial charge on any atom is -0.480 e. The first kappa shape index (κ1) is 20.4. The minimum absolute atomic E-state index is 0.00707. The lowest BCUT2D eigenvalue weighted by atomic mass is 10.2. The zero-order chi connectivity index (χ0) is 21.5. The highest BCUT2D eigenvalue weighted by Gasteiger charge is 2.17. The average molecular weight is 409 g/mol. The number of aldehydes is 1. The van der Waals surface area contributed by atoms with Gasteiger partial charge in [0, 0.05) is 17.7 Å². The van der Waals surface area contributed by atoms with Gasteiger partial charge >= 0.3 is 11.4 Å². The number of rotatable bonds is 9. The highest BCUT2D eigenvalue weighted by molar-refractivity contribution is 5.77. The van der Waals surface area contributed by atoms with E-state index in [1.54, 1.807) is 30.3 Å². The van der Waals surface area contributed by atoms with Crippen LogP contribution in [0.25, 0.3) is 0 Å². The van der Waals surface area contributed by atoms with Crippen LogP contribution in [0.2, 0.25) is 0 Å². The fourth-order valence-electron chi connectivity index (χ4n) is 2.60. The molecule has 0 saturated heterocycles. The first-order valence-electron chi connectivity index (χ1n) is 8.65. The van der Waals surface area contributed by atoms with Crippen molar-refractivity contribution in [1.82, 2.24) is 4.98 Å². The number of carbonyl (C=O) groups is 1. The molecule has 0 saturated carbocycles. The quantitative estimate of drug-likeness (QED) is 0.295. The van der Waals surface area contributed by atoms with Crippen molar-refractivity contribution in [2.75, 3.05) is 0 Å². The standard InChI is InChI=1S/C20H15N3O7/c24-11-14-8-9-20(18(10-14)23(27)28)30-13-16-5-3-4-15(21-16)12-29-19-7-2-1-6-17(19)22(25)26/h1-11H,12-13H2. The molecule has 0 spiro atoms. The number of ether oxygens (including phenoxy) is 2. The summed E-state index contributed by atoms with van der Waals surface area (Å²) in [7, 11) is 0. The predicted octanol–water partition coefficient (Wildman–Crippen LogP) is 3.87. The second-order valence-electron chi connectivity index (χ2n) is 6.02. The van der Waals surface area contributed by atoms with Gasteiger partial charge in [0.05, 0.1) is 21.2 Å². The van der Waals surface area contributed by atoms with E-state index >= 15 is 0 Å². The van der Waals surface area contributed by atoms with Crippen molar-refractivity contribution >= 4 is 17.7 Å². The zero-order valence-corrected chi connectivity index (χ0v) is 15.5. The van der Waals surface area contributed by atoms with E-state index in [1.807, 2.05) is 0 Å². The molecule has 0 bridgehead atoms. The number of hydrogen-bond acceptors (Lipinski definition) is 8. The molecule has 3 aromatic rings. The van der Waals surface area contributed by atoms with Gasteiger partial charge in [-0.2, -0.15) is 0 Å². The van der Waals surface area contributed by atoms with E-state index in [9.17, 15) is 25.0 Å². The number of aromatic nitrogens is 1. The monoisotopic (exact) mass is 409 g/mol. The van der Waals surface area contributed by atoms with Crippen LogP contribution in [0.1, 0.15) is 21.7 Å². The van der Waals surface area contributed by atoms with Crippen LogP contribution in [-0.2, 0) is 13.2 Å². The third-order valence-corrected chi connectivity index (χ3v) is 3.99. The Kier molecular flexibility index (Phi) is 6.28. The van der Waals surface area contributed by atoms with Crippen LogP contribution in [0.5, 0.6) is 11.5 Å². The van der Waals surface area contributed by atoms with Crippen molar-refractivity contribution in [1.29, 1.82) is 0 Å². The van der Waals surface area contributed by atoms with Crippen LogP contribution >= 0.6 is 0 Å². The first-order chi connectivity index (χ1) is 14.5. The molecule has 2 aromatic carbocycles. The lowest BCUT2D eigenvalue weighted by Crippen LogP contribution is -2.05. The fraction of sp³-hybridized carbons (Fsp3) is 0.100. The van der Waals surface area contributed by atoms with Gasteiger partial charge in [0.1, 0.15) is 19.5 Å². The molecule has 0 aliphatic heterocycles. The van der Waals surface area contributed by atoms with Gasteiger partial charge in [-0.25, -0.2) is 0 Å². The first-order valence-corrected chi connectivity index (χ1v) is 8.65. The van der Waals surface area contributed by atoms with Gasteiger partial charge in [0.2, 0.25) is 0 Å². The molecule has 10 heteroatoms. The number of pyridine rings is 1. The minimum atomic E-state index is -0.632. The Hall–Kier alpha value is -4.34. The topological polar surface area (TPSA) is 135 Å². The molecule has 3 rings (SSSR count). The van der Waals surface area contributed by atoms with Gasteiger partial charge < -0.3 is 9.47 Å². The summed E-state index contributed by atoms with van der Waals surface area (Å²) in [6.45, 7) is -0.0620. The van der Waals surface area contributed by atoms with Gasteiger partial charge in [-0.05, 0) is 30.3 Å².